The molecule has 10 nitrogen and oxygen atoms in total. The highest BCUT2D eigenvalue weighted by molar-refractivity contribution is 7.85. The van der Waals surface area contributed by atoms with Crippen molar-refractivity contribution >= 4 is 43.9 Å². The van der Waals surface area contributed by atoms with Crippen LogP contribution in [-0.2, 0) is 21.2 Å². The van der Waals surface area contributed by atoms with Crippen LogP contribution < -0.4 is 10.4 Å². The third kappa shape index (κ3) is 4.80. The second-order valence-corrected chi connectivity index (χ2v) is 8.33. The van der Waals surface area contributed by atoms with Crippen LogP contribution in [0, 0.1) is 10.1 Å². The van der Waals surface area contributed by atoms with Gasteiger partial charge in [0, 0.05) is 6.07 Å². The molecule has 3 aromatic rings. The maximum Gasteiger partial charge on any atom is 0.296 e. The van der Waals surface area contributed by atoms with Gasteiger partial charge in [-0.25, -0.2) is 9.22 Å². The van der Waals surface area contributed by atoms with Crippen LogP contribution in [0.1, 0.15) is 0 Å². The zero-order valence-electron chi connectivity index (χ0n) is 15.1. The molecule has 0 aliphatic heterocycles. The van der Waals surface area contributed by atoms with Crippen molar-refractivity contribution in [3.05, 3.63) is 82.9 Å². The van der Waals surface area contributed by atoms with Crippen LogP contribution in [0.25, 0.3) is 0 Å². The van der Waals surface area contributed by atoms with Gasteiger partial charge in [0.25, 0.3) is 15.8 Å². The van der Waals surface area contributed by atoms with Crippen LogP contribution in [0.15, 0.2) is 82.6 Å². The highest BCUT2D eigenvalue weighted by Crippen LogP contribution is 2.36. The van der Waals surface area contributed by atoms with Gasteiger partial charge in [0.2, 0.25) is 0 Å². The molecule has 0 aliphatic rings. The Kier molecular flexibility index (Phi) is 6.12. The van der Waals surface area contributed by atoms with Gasteiger partial charge in [-0.15, -0.1) is 0 Å². The molecular weight excluding hydrogens is 434 g/mol. The minimum atomic E-state index is -4.52. The van der Waals surface area contributed by atoms with Crippen molar-refractivity contribution in [2.24, 2.45) is 0 Å². The SMILES string of the molecule is O=[N+]([O-])c1cc(S(=O)O)ccc1N(Nc1ccccc1)c1cccc(S(=O)(=O)O)c1. The predicted octanol–water partition coefficient (Wildman–Crippen LogP) is 3.59. The monoisotopic (exact) mass is 449 g/mol. The summed E-state index contributed by atoms with van der Waals surface area (Å²) in [6.07, 6.45) is 0. The number of hydrazine groups is 1. The number of anilines is 3. The van der Waals surface area contributed by atoms with E-state index in [4.69, 9.17) is 0 Å². The van der Waals surface area contributed by atoms with Crippen molar-refractivity contribution in [1.29, 1.82) is 0 Å². The Morgan fingerprint density at radius 3 is 2.30 bits per heavy atom. The molecule has 12 heteroatoms. The summed E-state index contributed by atoms with van der Waals surface area (Å²) in [7, 11) is -4.52. The Balaban J connectivity index is 2.21. The maximum absolute atomic E-state index is 11.6. The molecule has 0 aromatic heterocycles. The Hall–Kier alpha value is -3.32. The van der Waals surface area contributed by atoms with Crippen LogP contribution in [0.4, 0.5) is 22.7 Å². The summed E-state index contributed by atoms with van der Waals surface area (Å²) in [5.74, 6) is 0. The van der Waals surface area contributed by atoms with E-state index in [1.54, 1.807) is 30.3 Å². The average Bonchev–Trinajstić information content (AvgIpc) is 2.72. The van der Waals surface area contributed by atoms with Crippen LogP contribution in [-0.4, -0.2) is 26.7 Å². The van der Waals surface area contributed by atoms with Gasteiger partial charge in [-0.1, -0.05) is 24.3 Å². The van der Waals surface area contributed by atoms with Crippen LogP contribution in [0.3, 0.4) is 0 Å². The molecule has 3 aromatic carbocycles. The van der Waals surface area contributed by atoms with Gasteiger partial charge in [-0.3, -0.25) is 20.1 Å². The van der Waals surface area contributed by atoms with Gasteiger partial charge in [0.05, 0.1) is 26.1 Å². The lowest BCUT2D eigenvalue weighted by Gasteiger charge is -2.26. The van der Waals surface area contributed by atoms with Crippen molar-refractivity contribution < 1.29 is 26.7 Å². The largest absolute Gasteiger partial charge is 0.302 e. The van der Waals surface area contributed by atoms with Gasteiger partial charge in [-0.05, 0) is 42.5 Å². The third-order valence-electron chi connectivity index (χ3n) is 3.97. The van der Waals surface area contributed by atoms with Gasteiger partial charge in [-0.2, -0.15) is 8.42 Å². The minimum Gasteiger partial charge on any atom is -0.302 e. The van der Waals surface area contributed by atoms with Gasteiger partial charge < -0.3 is 4.55 Å². The first-order valence-electron chi connectivity index (χ1n) is 8.25. The number of nitrogens with zero attached hydrogens (tertiary/aromatic N) is 2. The Bertz CT molecular complexity index is 1220. The number of benzene rings is 3. The van der Waals surface area contributed by atoms with E-state index >= 15 is 0 Å². The van der Waals surface area contributed by atoms with Crippen molar-refractivity contribution in [2.45, 2.75) is 9.79 Å². The second-order valence-electron chi connectivity index (χ2n) is 5.94. The highest BCUT2D eigenvalue weighted by Gasteiger charge is 2.24. The first-order chi connectivity index (χ1) is 14.2. The summed E-state index contributed by atoms with van der Waals surface area (Å²) in [6.45, 7) is 0. The molecule has 3 rings (SSSR count). The molecule has 3 N–H and O–H groups in total. The zero-order valence-corrected chi connectivity index (χ0v) is 16.7. The molecule has 0 fully saturated rings. The van der Waals surface area contributed by atoms with E-state index in [9.17, 15) is 31.8 Å². The standard InChI is InChI=1S/C18H15N3O7S2/c22-21(23)18-12-15(29(24)25)9-10-17(18)20(19-13-5-2-1-3-6-13)14-7-4-8-16(11-14)30(26,27)28/h1-12,19H,(H,24,25)(H,26,27,28). The van der Waals surface area contributed by atoms with Crippen LogP contribution in [0.5, 0.6) is 0 Å². The van der Waals surface area contributed by atoms with E-state index in [2.05, 4.69) is 5.43 Å². The third-order valence-corrected chi connectivity index (χ3v) is 5.48. The van der Waals surface area contributed by atoms with E-state index in [1.807, 2.05) is 0 Å². The summed E-state index contributed by atoms with van der Waals surface area (Å²) in [6, 6.07) is 17.2. The first-order valence-corrected chi connectivity index (χ1v) is 10.8. The highest BCUT2D eigenvalue weighted by atomic mass is 32.2. The topological polar surface area (TPSA) is 150 Å². The lowest BCUT2D eigenvalue weighted by molar-refractivity contribution is -0.384. The van der Waals surface area contributed by atoms with Crippen molar-refractivity contribution in [1.82, 2.24) is 0 Å². The molecule has 0 saturated carbocycles. The Morgan fingerprint density at radius 1 is 1.00 bits per heavy atom. The summed E-state index contributed by atoms with van der Waals surface area (Å²) in [5, 5.41) is 12.9. The molecule has 0 aliphatic carbocycles. The van der Waals surface area contributed by atoms with Gasteiger partial charge in [0.1, 0.15) is 5.69 Å². The summed E-state index contributed by atoms with van der Waals surface area (Å²) < 4.78 is 53.0. The molecule has 1 atom stereocenters. The molecule has 0 amide bonds. The molecule has 1 unspecified atom stereocenters. The van der Waals surface area contributed by atoms with E-state index in [1.165, 1.54) is 35.3 Å². The normalized spacial score (nSPS) is 12.2. The Morgan fingerprint density at radius 2 is 1.70 bits per heavy atom. The molecule has 30 heavy (non-hydrogen) atoms. The molecule has 0 saturated heterocycles. The second kappa shape index (κ2) is 8.59. The fourth-order valence-electron chi connectivity index (χ4n) is 2.64. The van der Waals surface area contributed by atoms with E-state index in [-0.39, 0.29) is 16.3 Å². The number of nitrogens with one attached hydrogen (secondary N) is 1. The van der Waals surface area contributed by atoms with Crippen molar-refractivity contribution in [2.75, 3.05) is 10.4 Å². The van der Waals surface area contributed by atoms with Crippen LogP contribution >= 0.6 is 0 Å². The average molecular weight is 449 g/mol. The molecular formula is C18H15N3O7S2. The fourth-order valence-corrected chi connectivity index (χ4v) is 3.55. The zero-order chi connectivity index (χ0) is 21.9. The van der Waals surface area contributed by atoms with Gasteiger partial charge >= 0.3 is 0 Å². The molecule has 0 bridgehead atoms. The Labute approximate surface area is 173 Å². The lowest BCUT2D eigenvalue weighted by atomic mass is 10.2. The predicted molar refractivity (Wildman–Crippen MR) is 111 cm³/mol. The smallest absolute Gasteiger partial charge is 0.296 e. The van der Waals surface area contributed by atoms with E-state index < -0.39 is 36.7 Å². The number of hydrogen-bond acceptors (Lipinski definition) is 7. The van der Waals surface area contributed by atoms with Gasteiger partial charge in [0.15, 0.2) is 11.1 Å². The van der Waals surface area contributed by atoms with Crippen LogP contribution in [0.2, 0.25) is 0 Å². The number of para-hydroxylation sites is 1. The molecule has 0 spiro atoms. The lowest BCUT2D eigenvalue weighted by Crippen LogP contribution is -2.25. The first kappa shape index (κ1) is 21.4. The summed E-state index contributed by atoms with van der Waals surface area (Å²) in [4.78, 5) is 10.3. The number of rotatable bonds is 7. The molecule has 0 radical (unpaired) electrons. The molecule has 156 valence electrons. The van der Waals surface area contributed by atoms with E-state index in [0.717, 1.165) is 12.1 Å². The van der Waals surface area contributed by atoms with Crippen molar-refractivity contribution in [3.8, 4) is 0 Å². The molecule has 0 heterocycles. The summed E-state index contributed by atoms with van der Waals surface area (Å²) in [5.41, 5.74) is 3.12. The summed E-state index contributed by atoms with van der Waals surface area (Å²) >= 11 is -2.43. The minimum absolute atomic E-state index is 0.0226. The maximum atomic E-state index is 11.6. The quantitative estimate of drug-likeness (QED) is 0.213. The van der Waals surface area contributed by atoms with Crippen molar-refractivity contribution in [3.63, 3.8) is 0 Å². The fraction of sp³-hybridized carbons (Fsp3) is 0. The number of nitro benzene ring substituents is 1. The number of hydrogen-bond donors (Lipinski definition) is 3. The number of nitro groups is 1. The van der Waals surface area contributed by atoms with E-state index in [0.29, 0.717) is 5.69 Å².